The summed E-state index contributed by atoms with van der Waals surface area (Å²) in [7, 11) is 0. The fourth-order valence-corrected chi connectivity index (χ4v) is 1.11. The lowest BCUT2D eigenvalue weighted by molar-refractivity contribution is 0.0690. The monoisotopic (exact) mass is 212 g/mol. The molecule has 6 nitrogen and oxygen atoms in total. The second kappa shape index (κ2) is 3.22. The van der Waals surface area contributed by atoms with Crippen LogP contribution >= 0.6 is 11.6 Å². The first-order chi connectivity index (χ1) is 6.70. The van der Waals surface area contributed by atoms with Gasteiger partial charge in [-0.05, 0) is 6.07 Å². The molecule has 0 spiro atoms. The number of aromatic nitrogens is 4. The van der Waals surface area contributed by atoms with Crippen LogP contribution in [0.1, 0.15) is 16.3 Å². The third-order valence-corrected chi connectivity index (χ3v) is 1.83. The average Bonchev–Trinajstić information content (AvgIpc) is 2.58. The SMILES string of the molecule is O=C(O)c1ccn2nc(CCl)nc2n1. The van der Waals surface area contributed by atoms with Crippen LogP contribution in [-0.4, -0.2) is 30.7 Å². The smallest absolute Gasteiger partial charge is 0.354 e. The Morgan fingerprint density at radius 1 is 1.57 bits per heavy atom. The Labute approximate surface area is 83.2 Å². The number of carboxylic acids is 1. The largest absolute Gasteiger partial charge is 0.477 e. The first-order valence-corrected chi connectivity index (χ1v) is 4.25. The first-order valence-electron chi connectivity index (χ1n) is 3.72. The number of halogens is 1. The van der Waals surface area contributed by atoms with E-state index in [-0.39, 0.29) is 17.4 Å². The van der Waals surface area contributed by atoms with Gasteiger partial charge in [-0.25, -0.2) is 14.3 Å². The van der Waals surface area contributed by atoms with Gasteiger partial charge in [-0.2, -0.15) is 4.98 Å². The fraction of sp³-hybridized carbons (Fsp3) is 0.143. The summed E-state index contributed by atoms with van der Waals surface area (Å²) in [5, 5.41) is 12.6. The van der Waals surface area contributed by atoms with Crippen LogP contribution in [-0.2, 0) is 5.88 Å². The highest BCUT2D eigenvalue weighted by atomic mass is 35.5. The van der Waals surface area contributed by atoms with Crippen molar-refractivity contribution in [3.63, 3.8) is 0 Å². The molecule has 2 rings (SSSR count). The molecule has 1 N–H and O–H groups in total. The van der Waals surface area contributed by atoms with Gasteiger partial charge < -0.3 is 5.11 Å². The molecular formula is C7H5ClN4O2. The Kier molecular flexibility index (Phi) is 2.05. The van der Waals surface area contributed by atoms with Gasteiger partial charge in [-0.1, -0.05) is 0 Å². The molecule has 0 aliphatic carbocycles. The number of carbonyl (C=O) groups is 1. The van der Waals surface area contributed by atoms with E-state index >= 15 is 0 Å². The van der Waals surface area contributed by atoms with Gasteiger partial charge in [0.2, 0.25) is 0 Å². The van der Waals surface area contributed by atoms with Crippen LogP contribution in [0.5, 0.6) is 0 Å². The summed E-state index contributed by atoms with van der Waals surface area (Å²) in [5.74, 6) is -0.267. The molecule has 0 saturated heterocycles. The zero-order valence-electron chi connectivity index (χ0n) is 6.88. The quantitative estimate of drug-likeness (QED) is 0.736. The molecule has 0 amide bonds. The number of aromatic carboxylic acids is 1. The second-order valence-corrected chi connectivity index (χ2v) is 2.79. The van der Waals surface area contributed by atoms with E-state index in [1.54, 1.807) is 0 Å². The lowest BCUT2D eigenvalue weighted by Crippen LogP contribution is -2.02. The molecule has 2 aromatic rings. The summed E-state index contributed by atoms with van der Waals surface area (Å²) in [5.41, 5.74) is -0.0639. The summed E-state index contributed by atoms with van der Waals surface area (Å²) in [6.45, 7) is 0. The predicted octanol–water partition coefficient (Wildman–Crippen LogP) is 0.561. The standard InChI is InChI=1S/C7H5ClN4O2/c8-3-5-10-7-9-4(6(13)14)1-2-12(7)11-5/h1-2H,3H2,(H,13,14). The van der Waals surface area contributed by atoms with Crippen LogP contribution < -0.4 is 0 Å². The lowest BCUT2D eigenvalue weighted by Gasteiger charge is -1.92. The summed E-state index contributed by atoms with van der Waals surface area (Å²) >= 11 is 5.52. The van der Waals surface area contributed by atoms with Crippen molar-refractivity contribution in [3.8, 4) is 0 Å². The molecule has 0 aliphatic heterocycles. The number of fused-ring (bicyclic) bond motifs is 1. The van der Waals surface area contributed by atoms with Gasteiger partial charge in [0.25, 0.3) is 5.78 Å². The highest BCUT2D eigenvalue weighted by Gasteiger charge is 2.08. The fourth-order valence-electron chi connectivity index (χ4n) is 0.996. The van der Waals surface area contributed by atoms with Crippen molar-refractivity contribution in [2.75, 3.05) is 0 Å². The zero-order chi connectivity index (χ0) is 10.1. The van der Waals surface area contributed by atoms with Gasteiger partial charge in [-0.3, -0.25) is 0 Å². The topological polar surface area (TPSA) is 80.4 Å². The normalized spacial score (nSPS) is 10.6. The van der Waals surface area contributed by atoms with Crippen molar-refractivity contribution in [2.24, 2.45) is 0 Å². The van der Waals surface area contributed by atoms with Gasteiger partial charge in [0.15, 0.2) is 11.5 Å². The molecule has 0 unspecified atom stereocenters. The number of hydrogen-bond donors (Lipinski definition) is 1. The molecule has 0 bridgehead atoms. The number of carboxylic acid groups (broad SMARTS) is 1. The molecule has 0 atom stereocenters. The Balaban J connectivity index is 2.59. The third kappa shape index (κ3) is 1.39. The molecule has 72 valence electrons. The molecule has 0 fully saturated rings. The highest BCUT2D eigenvalue weighted by Crippen LogP contribution is 2.02. The summed E-state index contributed by atoms with van der Waals surface area (Å²) in [6, 6.07) is 1.35. The van der Waals surface area contributed by atoms with Crippen molar-refractivity contribution < 1.29 is 9.90 Å². The Morgan fingerprint density at radius 3 is 3.00 bits per heavy atom. The Bertz CT molecular complexity index is 495. The number of rotatable bonds is 2. The number of nitrogens with zero attached hydrogens (tertiary/aromatic N) is 4. The van der Waals surface area contributed by atoms with Crippen LogP contribution in [0, 0.1) is 0 Å². The Hall–Kier alpha value is -1.69. The van der Waals surface area contributed by atoms with E-state index in [0.29, 0.717) is 5.82 Å². The molecular weight excluding hydrogens is 208 g/mol. The minimum Gasteiger partial charge on any atom is -0.477 e. The van der Waals surface area contributed by atoms with E-state index in [9.17, 15) is 4.79 Å². The van der Waals surface area contributed by atoms with Crippen LogP contribution in [0.15, 0.2) is 12.3 Å². The van der Waals surface area contributed by atoms with Crippen LogP contribution in [0.3, 0.4) is 0 Å². The highest BCUT2D eigenvalue weighted by molar-refractivity contribution is 6.16. The maximum Gasteiger partial charge on any atom is 0.354 e. The van der Waals surface area contributed by atoms with Gasteiger partial charge >= 0.3 is 5.97 Å². The van der Waals surface area contributed by atoms with E-state index in [1.165, 1.54) is 16.8 Å². The Morgan fingerprint density at radius 2 is 2.36 bits per heavy atom. The lowest BCUT2D eigenvalue weighted by atomic mass is 10.4. The van der Waals surface area contributed by atoms with Gasteiger partial charge in [0.1, 0.15) is 0 Å². The zero-order valence-corrected chi connectivity index (χ0v) is 7.64. The van der Waals surface area contributed by atoms with Gasteiger partial charge in [-0.15, -0.1) is 16.7 Å². The van der Waals surface area contributed by atoms with E-state index in [2.05, 4.69) is 15.1 Å². The second-order valence-electron chi connectivity index (χ2n) is 2.52. The van der Waals surface area contributed by atoms with Crippen LogP contribution in [0.25, 0.3) is 5.78 Å². The average molecular weight is 213 g/mol. The van der Waals surface area contributed by atoms with E-state index in [4.69, 9.17) is 16.7 Å². The summed E-state index contributed by atoms with van der Waals surface area (Å²) in [6.07, 6.45) is 1.48. The molecule has 0 aromatic carbocycles. The maximum absolute atomic E-state index is 10.6. The molecule has 2 heterocycles. The first kappa shape index (κ1) is 8.89. The third-order valence-electron chi connectivity index (χ3n) is 1.59. The van der Waals surface area contributed by atoms with Crippen molar-refractivity contribution in [1.82, 2.24) is 19.6 Å². The van der Waals surface area contributed by atoms with Crippen molar-refractivity contribution in [1.29, 1.82) is 0 Å². The minimum atomic E-state index is -1.09. The van der Waals surface area contributed by atoms with Crippen LogP contribution in [0.4, 0.5) is 0 Å². The summed E-state index contributed by atoms with van der Waals surface area (Å²) in [4.78, 5) is 18.3. The molecule has 7 heteroatoms. The van der Waals surface area contributed by atoms with Gasteiger partial charge in [0, 0.05) is 6.20 Å². The maximum atomic E-state index is 10.6. The van der Waals surface area contributed by atoms with E-state index in [1.807, 2.05) is 0 Å². The molecule has 14 heavy (non-hydrogen) atoms. The van der Waals surface area contributed by atoms with Crippen molar-refractivity contribution in [3.05, 3.63) is 23.8 Å². The molecule has 0 aliphatic rings. The van der Waals surface area contributed by atoms with Crippen LogP contribution in [0.2, 0.25) is 0 Å². The molecule has 0 radical (unpaired) electrons. The number of hydrogen-bond acceptors (Lipinski definition) is 4. The van der Waals surface area contributed by atoms with E-state index < -0.39 is 5.97 Å². The van der Waals surface area contributed by atoms with Crippen molar-refractivity contribution >= 4 is 23.3 Å². The number of alkyl halides is 1. The van der Waals surface area contributed by atoms with E-state index in [0.717, 1.165) is 0 Å². The minimum absolute atomic E-state index is 0.0639. The van der Waals surface area contributed by atoms with Crippen molar-refractivity contribution in [2.45, 2.75) is 5.88 Å². The predicted molar refractivity (Wildman–Crippen MR) is 47.3 cm³/mol. The molecule has 2 aromatic heterocycles. The summed E-state index contributed by atoms with van der Waals surface area (Å²) < 4.78 is 1.38. The molecule has 0 saturated carbocycles. The van der Waals surface area contributed by atoms with Gasteiger partial charge in [0.05, 0.1) is 5.88 Å².